The number of aromatic nitrogens is 2. The minimum atomic E-state index is -4.54. The monoisotopic (exact) mass is 319 g/mol. The minimum Gasteiger partial charge on any atom is -0.368 e. The Bertz CT molecular complexity index is 619. The van der Waals surface area contributed by atoms with E-state index in [1.54, 1.807) is 24.3 Å². The predicted octanol–water partition coefficient (Wildman–Crippen LogP) is 4.02. The summed E-state index contributed by atoms with van der Waals surface area (Å²) < 4.78 is 37.8. The predicted molar refractivity (Wildman–Crippen MR) is 72.5 cm³/mol. The molecule has 0 aliphatic carbocycles. The maximum absolute atomic E-state index is 12.6. The second-order valence-electron chi connectivity index (χ2n) is 3.83. The van der Waals surface area contributed by atoms with Crippen molar-refractivity contribution in [2.24, 2.45) is 0 Å². The van der Waals surface area contributed by atoms with Gasteiger partial charge in [-0.3, -0.25) is 0 Å². The Morgan fingerprint density at radius 2 is 1.90 bits per heavy atom. The first kappa shape index (κ1) is 14.9. The van der Waals surface area contributed by atoms with Crippen molar-refractivity contribution in [3.63, 3.8) is 0 Å². The van der Waals surface area contributed by atoms with Crippen LogP contribution in [0, 0.1) is 0 Å². The van der Waals surface area contributed by atoms with Crippen molar-refractivity contribution in [1.29, 1.82) is 0 Å². The molecule has 0 saturated heterocycles. The maximum Gasteiger partial charge on any atom is 0.433 e. The second kappa shape index (κ2) is 5.88. The second-order valence-corrected chi connectivity index (χ2v) is 5.23. The summed E-state index contributed by atoms with van der Waals surface area (Å²) in [5.74, 6) is -0.00515. The average Bonchev–Trinajstić information content (AvgIpc) is 2.36. The number of anilines is 1. The number of halogens is 4. The molecule has 0 radical (unpaired) electrons. The lowest BCUT2D eigenvalue weighted by molar-refractivity contribution is -0.141. The third-order valence-corrected chi connectivity index (χ3v) is 3.67. The molecule has 0 atom stereocenters. The number of rotatable bonds is 3. The first-order chi connectivity index (χ1) is 9.36. The van der Waals surface area contributed by atoms with E-state index < -0.39 is 17.8 Å². The highest BCUT2D eigenvalue weighted by Gasteiger charge is 2.33. The highest BCUT2D eigenvalue weighted by Crippen LogP contribution is 2.32. The van der Waals surface area contributed by atoms with E-state index >= 15 is 0 Å². The number of alkyl halides is 3. The van der Waals surface area contributed by atoms with Crippen LogP contribution in [0.1, 0.15) is 11.3 Å². The summed E-state index contributed by atoms with van der Waals surface area (Å²) in [5.41, 5.74) is 5.05. The highest BCUT2D eigenvalue weighted by molar-refractivity contribution is 7.98. The largest absolute Gasteiger partial charge is 0.433 e. The van der Waals surface area contributed by atoms with Gasteiger partial charge in [-0.05, 0) is 11.6 Å². The van der Waals surface area contributed by atoms with Crippen LogP contribution in [0.4, 0.5) is 19.1 Å². The highest BCUT2D eigenvalue weighted by atomic mass is 35.5. The number of hydrogen-bond acceptors (Lipinski definition) is 4. The van der Waals surface area contributed by atoms with Gasteiger partial charge in [-0.15, -0.1) is 11.8 Å². The summed E-state index contributed by atoms with van der Waals surface area (Å²) in [5, 5.41) is 0.711. The third-order valence-electron chi connectivity index (χ3n) is 2.34. The molecule has 2 aromatic rings. The number of benzene rings is 1. The normalized spacial score (nSPS) is 11.6. The van der Waals surface area contributed by atoms with Crippen LogP contribution in [0.25, 0.3) is 0 Å². The molecule has 20 heavy (non-hydrogen) atoms. The number of thioether (sulfide) groups is 1. The van der Waals surface area contributed by atoms with Crippen molar-refractivity contribution in [3.05, 3.63) is 46.6 Å². The summed E-state index contributed by atoms with van der Waals surface area (Å²) in [6, 6.07) is 7.97. The zero-order valence-corrected chi connectivity index (χ0v) is 11.6. The lowest BCUT2D eigenvalue weighted by Crippen LogP contribution is -2.11. The van der Waals surface area contributed by atoms with Crippen molar-refractivity contribution in [2.45, 2.75) is 17.0 Å². The van der Waals surface area contributed by atoms with E-state index in [4.69, 9.17) is 17.3 Å². The number of nitrogens with two attached hydrogens (primary N) is 1. The van der Waals surface area contributed by atoms with E-state index in [0.717, 1.165) is 23.4 Å². The molecule has 2 N–H and O–H groups in total. The molecule has 0 aliphatic rings. The van der Waals surface area contributed by atoms with Crippen molar-refractivity contribution in [3.8, 4) is 0 Å². The van der Waals surface area contributed by atoms with E-state index in [9.17, 15) is 13.2 Å². The molecule has 0 bridgehead atoms. The Morgan fingerprint density at radius 1 is 1.20 bits per heavy atom. The Balaban J connectivity index is 2.18. The van der Waals surface area contributed by atoms with Crippen LogP contribution in [0.15, 0.2) is 35.4 Å². The Kier molecular flexibility index (Phi) is 4.39. The molecule has 0 aliphatic heterocycles. The van der Waals surface area contributed by atoms with Gasteiger partial charge in [-0.2, -0.15) is 13.2 Å². The SMILES string of the molecule is Nc1nc(SCc2ccccc2Cl)cc(C(F)(F)F)n1. The Morgan fingerprint density at radius 3 is 2.55 bits per heavy atom. The molecular weight excluding hydrogens is 311 g/mol. The fourth-order valence-corrected chi connectivity index (χ4v) is 2.62. The molecule has 0 unspecified atom stereocenters. The standard InChI is InChI=1S/C12H9ClF3N3S/c13-8-4-2-1-3-7(8)6-20-10-5-9(12(14,15)16)18-11(17)19-10/h1-5H,6H2,(H2,17,18,19). The number of hydrogen-bond donors (Lipinski definition) is 1. The maximum atomic E-state index is 12.6. The van der Waals surface area contributed by atoms with Gasteiger partial charge in [0.2, 0.25) is 5.95 Å². The smallest absolute Gasteiger partial charge is 0.368 e. The van der Waals surface area contributed by atoms with Crippen molar-refractivity contribution in [2.75, 3.05) is 5.73 Å². The molecule has 3 nitrogen and oxygen atoms in total. The molecule has 1 heterocycles. The molecule has 8 heteroatoms. The summed E-state index contributed by atoms with van der Waals surface area (Å²) in [6.07, 6.45) is -4.54. The van der Waals surface area contributed by atoms with E-state index in [0.29, 0.717) is 10.8 Å². The van der Waals surface area contributed by atoms with Gasteiger partial charge in [0, 0.05) is 16.8 Å². The summed E-state index contributed by atoms with van der Waals surface area (Å²) >= 11 is 7.09. The van der Waals surface area contributed by atoms with Gasteiger partial charge in [0.15, 0.2) is 5.69 Å². The third kappa shape index (κ3) is 3.77. The molecule has 0 saturated carbocycles. The summed E-state index contributed by atoms with van der Waals surface area (Å²) in [7, 11) is 0. The van der Waals surface area contributed by atoms with Gasteiger partial charge >= 0.3 is 6.18 Å². The van der Waals surface area contributed by atoms with E-state index in [1.165, 1.54) is 0 Å². The van der Waals surface area contributed by atoms with Crippen LogP contribution >= 0.6 is 23.4 Å². The van der Waals surface area contributed by atoms with Crippen LogP contribution < -0.4 is 5.73 Å². The van der Waals surface area contributed by atoms with Crippen molar-refractivity contribution < 1.29 is 13.2 Å². The van der Waals surface area contributed by atoms with Crippen molar-refractivity contribution >= 4 is 29.3 Å². The molecule has 0 fully saturated rings. The fraction of sp³-hybridized carbons (Fsp3) is 0.167. The Hall–Kier alpha value is -1.47. The first-order valence-corrected chi connectivity index (χ1v) is 6.80. The zero-order chi connectivity index (χ0) is 14.8. The molecule has 0 amide bonds. The van der Waals surface area contributed by atoms with Gasteiger partial charge < -0.3 is 5.73 Å². The molecule has 0 spiro atoms. The Labute approximate surface area is 122 Å². The van der Waals surface area contributed by atoms with E-state index in [2.05, 4.69) is 9.97 Å². The lowest BCUT2D eigenvalue weighted by Gasteiger charge is -2.08. The van der Waals surface area contributed by atoms with Gasteiger partial charge in [-0.25, -0.2) is 9.97 Å². The summed E-state index contributed by atoms with van der Waals surface area (Å²) in [4.78, 5) is 6.96. The van der Waals surface area contributed by atoms with Gasteiger partial charge in [0.1, 0.15) is 5.03 Å². The molecule has 106 valence electrons. The van der Waals surface area contributed by atoms with Crippen molar-refractivity contribution in [1.82, 2.24) is 9.97 Å². The van der Waals surface area contributed by atoms with Crippen LogP contribution in [0.3, 0.4) is 0 Å². The quantitative estimate of drug-likeness (QED) is 0.685. The summed E-state index contributed by atoms with van der Waals surface area (Å²) in [6.45, 7) is 0. The number of nitrogens with zero attached hydrogens (tertiary/aromatic N) is 2. The average molecular weight is 320 g/mol. The zero-order valence-electron chi connectivity index (χ0n) is 9.99. The van der Waals surface area contributed by atoms with Crippen LogP contribution in [-0.2, 0) is 11.9 Å². The van der Waals surface area contributed by atoms with Crippen LogP contribution in [-0.4, -0.2) is 9.97 Å². The van der Waals surface area contributed by atoms with E-state index in [-0.39, 0.29) is 5.03 Å². The molecule has 1 aromatic carbocycles. The topological polar surface area (TPSA) is 51.8 Å². The molecule has 1 aromatic heterocycles. The minimum absolute atomic E-state index is 0.157. The van der Waals surface area contributed by atoms with E-state index in [1.807, 2.05) is 0 Å². The lowest BCUT2D eigenvalue weighted by atomic mass is 10.2. The van der Waals surface area contributed by atoms with Gasteiger partial charge in [-0.1, -0.05) is 29.8 Å². The van der Waals surface area contributed by atoms with Crippen LogP contribution in [0.5, 0.6) is 0 Å². The van der Waals surface area contributed by atoms with Crippen LogP contribution in [0.2, 0.25) is 5.02 Å². The molecule has 2 rings (SSSR count). The molecular formula is C12H9ClF3N3S. The first-order valence-electron chi connectivity index (χ1n) is 5.44. The number of nitrogen functional groups attached to an aromatic ring is 1. The van der Waals surface area contributed by atoms with Gasteiger partial charge in [0.25, 0.3) is 0 Å². The fourth-order valence-electron chi connectivity index (χ4n) is 1.43. The van der Waals surface area contributed by atoms with Gasteiger partial charge in [0.05, 0.1) is 0 Å².